The van der Waals surface area contributed by atoms with Gasteiger partial charge in [-0.3, -0.25) is 14.1 Å². The summed E-state index contributed by atoms with van der Waals surface area (Å²) < 4.78 is 46.0. The maximum Gasteiger partial charge on any atom is 0.419 e. The molecule has 2 N–H and O–H groups in total. The number of anilines is 1. The third-order valence-corrected chi connectivity index (χ3v) is 10.1. The van der Waals surface area contributed by atoms with Gasteiger partial charge in [-0.1, -0.05) is 13.8 Å². The first-order valence-corrected chi connectivity index (χ1v) is 16.1. The van der Waals surface area contributed by atoms with Crippen molar-refractivity contribution in [3.05, 3.63) is 69.8 Å². The van der Waals surface area contributed by atoms with E-state index in [4.69, 9.17) is 4.98 Å². The SMILES string of the molecule is CC1CC(c2cc(NC3CCC3O)nc(-c3cnc4c(C(F)(F)F)cc(CN5CCC[C@H](C)C5)cn4c3=O)c2)(c2nncn2C)C1. The number of aliphatic hydroxyl groups is 1. The van der Waals surface area contributed by atoms with Crippen molar-refractivity contribution in [2.24, 2.45) is 18.9 Å². The summed E-state index contributed by atoms with van der Waals surface area (Å²) in [7, 11) is 1.89. The molecule has 2 saturated carbocycles. The molecule has 2 aliphatic carbocycles. The Morgan fingerprint density at radius 3 is 2.54 bits per heavy atom. The smallest absolute Gasteiger partial charge is 0.391 e. The summed E-state index contributed by atoms with van der Waals surface area (Å²) in [5, 5.41) is 22.2. The van der Waals surface area contributed by atoms with Crippen molar-refractivity contribution >= 4 is 11.5 Å². The molecule has 1 aliphatic heterocycles. The standard InChI is InChI=1S/C33H39F3N8O2/c1-19-5-4-8-43(15-19)16-21-9-24(33(34,35)36)29-37-14-23(30(46)44(29)17-21)26-10-22(11-28(40-26)39-25-6-7-27(25)45)32(12-20(2)13-32)31-41-38-18-42(31)3/h9-11,14,17-20,25,27,45H,4-8,12-13,15-16H2,1-3H3,(H,39,40)/t19-,20?,25?,27?,32?/m0/s1. The highest BCUT2D eigenvalue weighted by Gasteiger charge is 2.48. The number of aryl methyl sites for hydroxylation is 1. The number of fused-ring (bicyclic) bond motifs is 1. The molecule has 0 radical (unpaired) electrons. The Hall–Kier alpha value is -3.84. The zero-order valence-corrected chi connectivity index (χ0v) is 26.3. The zero-order chi connectivity index (χ0) is 32.4. The van der Waals surface area contributed by atoms with Crippen LogP contribution < -0.4 is 10.9 Å². The molecule has 5 heterocycles. The number of aliphatic hydroxyl groups excluding tert-OH is 1. The number of hydrogen-bond acceptors (Lipinski definition) is 8. The summed E-state index contributed by atoms with van der Waals surface area (Å²) in [6.07, 6.45) is 4.27. The van der Waals surface area contributed by atoms with Gasteiger partial charge in [0.2, 0.25) is 0 Å². The molecular weight excluding hydrogens is 597 g/mol. The third kappa shape index (κ3) is 5.46. The minimum absolute atomic E-state index is 0.0916. The minimum Gasteiger partial charge on any atom is -0.391 e. The average molecular weight is 637 g/mol. The number of halogens is 3. The summed E-state index contributed by atoms with van der Waals surface area (Å²) in [6.45, 7) is 6.21. The largest absolute Gasteiger partial charge is 0.419 e. The highest BCUT2D eigenvalue weighted by molar-refractivity contribution is 5.65. The number of nitrogens with zero attached hydrogens (tertiary/aromatic N) is 7. The Bertz CT molecular complexity index is 1830. The maximum absolute atomic E-state index is 14.3. The van der Waals surface area contributed by atoms with Gasteiger partial charge in [-0.15, -0.1) is 10.2 Å². The lowest BCUT2D eigenvalue weighted by molar-refractivity contribution is -0.136. The highest BCUT2D eigenvalue weighted by Crippen LogP contribution is 2.52. The molecule has 2 unspecified atom stereocenters. The van der Waals surface area contributed by atoms with E-state index < -0.39 is 34.5 Å². The van der Waals surface area contributed by atoms with Crippen molar-refractivity contribution in [1.82, 2.24) is 34.0 Å². The van der Waals surface area contributed by atoms with Gasteiger partial charge in [0.25, 0.3) is 5.56 Å². The Morgan fingerprint density at radius 2 is 1.91 bits per heavy atom. The second-order valence-electron chi connectivity index (χ2n) is 13.8. The van der Waals surface area contributed by atoms with E-state index in [1.54, 1.807) is 6.33 Å². The second-order valence-corrected chi connectivity index (χ2v) is 13.8. The van der Waals surface area contributed by atoms with Crippen LogP contribution in [-0.2, 0) is 25.2 Å². The molecule has 244 valence electrons. The van der Waals surface area contributed by atoms with Gasteiger partial charge in [-0.2, -0.15) is 13.2 Å². The molecule has 4 aromatic rings. The Kier molecular flexibility index (Phi) is 7.66. The van der Waals surface area contributed by atoms with Crippen LogP contribution in [0.5, 0.6) is 0 Å². The summed E-state index contributed by atoms with van der Waals surface area (Å²) >= 11 is 0. The third-order valence-electron chi connectivity index (χ3n) is 10.1. The van der Waals surface area contributed by atoms with E-state index >= 15 is 0 Å². The highest BCUT2D eigenvalue weighted by atomic mass is 19.4. The number of hydrogen-bond donors (Lipinski definition) is 2. The molecule has 4 aromatic heterocycles. The van der Waals surface area contributed by atoms with E-state index in [9.17, 15) is 23.1 Å². The lowest BCUT2D eigenvalue weighted by atomic mass is 9.58. The molecule has 0 bridgehead atoms. The predicted octanol–water partition coefficient (Wildman–Crippen LogP) is 4.79. The van der Waals surface area contributed by atoms with Gasteiger partial charge < -0.3 is 15.0 Å². The second kappa shape index (κ2) is 11.4. The molecule has 0 amide bonds. The van der Waals surface area contributed by atoms with Crippen molar-refractivity contribution in [3.8, 4) is 11.3 Å². The quantitative estimate of drug-likeness (QED) is 0.298. The number of nitrogens with one attached hydrogen (secondary N) is 1. The van der Waals surface area contributed by atoms with Crippen LogP contribution in [0, 0.1) is 11.8 Å². The normalized spacial score (nSPS) is 26.9. The molecule has 0 spiro atoms. The molecule has 7 rings (SSSR count). The number of pyridine rings is 2. The van der Waals surface area contributed by atoms with Crippen molar-refractivity contribution in [2.45, 2.75) is 82.7 Å². The van der Waals surface area contributed by atoms with Crippen molar-refractivity contribution in [3.63, 3.8) is 0 Å². The van der Waals surface area contributed by atoms with Crippen LogP contribution in [0.2, 0.25) is 0 Å². The van der Waals surface area contributed by atoms with Crippen LogP contribution in [-0.4, -0.2) is 64.4 Å². The fraction of sp³-hybridized carbons (Fsp3) is 0.545. The van der Waals surface area contributed by atoms with Gasteiger partial charge in [0.05, 0.1) is 34.4 Å². The Labute approximate surface area is 264 Å². The maximum atomic E-state index is 14.3. The van der Waals surface area contributed by atoms with Gasteiger partial charge in [0.1, 0.15) is 18.0 Å². The van der Waals surface area contributed by atoms with Crippen LogP contribution in [0.3, 0.4) is 0 Å². The van der Waals surface area contributed by atoms with E-state index in [-0.39, 0.29) is 11.6 Å². The van der Waals surface area contributed by atoms with E-state index in [0.29, 0.717) is 41.9 Å². The van der Waals surface area contributed by atoms with Crippen molar-refractivity contribution < 1.29 is 18.3 Å². The molecular formula is C33H39F3N8O2. The molecule has 3 atom stereocenters. The summed E-state index contributed by atoms with van der Waals surface area (Å²) in [5.41, 5.74) is -0.824. The van der Waals surface area contributed by atoms with Crippen molar-refractivity contribution in [1.29, 1.82) is 0 Å². The van der Waals surface area contributed by atoms with Crippen LogP contribution in [0.1, 0.15) is 74.9 Å². The number of rotatable bonds is 7. The fourth-order valence-corrected chi connectivity index (χ4v) is 7.65. The lowest BCUT2D eigenvalue weighted by Crippen LogP contribution is -2.44. The van der Waals surface area contributed by atoms with Crippen molar-refractivity contribution in [2.75, 3.05) is 18.4 Å². The van der Waals surface area contributed by atoms with Gasteiger partial charge in [0.15, 0.2) is 5.65 Å². The number of piperidine rings is 1. The molecule has 3 aliphatic rings. The first kappa shape index (κ1) is 30.8. The first-order chi connectivity index (χ1) is 21.9. The summed E-state index contributed by atoms with van der Waals surface area (Å²) in [6, 6.07) is 4.69. The molecule has 1 saturated heterocycles. The topological polar surface area (TPSA) is 113 Å². The zero-order valence-electron chi connectivity index (χ0n) is 26.3. The number of alkyl halides is 3. The molecule has 10 nitrogen and oxygen atoms in total. The molecule has 3 fully saturated rings. The van der Waals surface area contributed by atoms with Gasteiger partial charge in [0, 0.05) is 32.5 Å². The molecule has 46 heavy (non-hydrogen) atoms. The average Bonchev–Trinajstić information content (AvgIpc) is 3.42. The molecule has 0 aromatic carbocycles. The predicted molar refractivity (Wildman–Crippen MR) is 166 cm³/mol. The first-order valence-electron chi connectivity index (χ1n) is 16.1. The monoisotopic (exact) mass is 636 g/mol. The van der Waals surface area contributed by atoms with Crippen LogP contribution in [0.4, 0.5) is 19.0 Å². The fourth-order valence-electron chi connectivity index (χ4n) is 7.65. The van der Waals surface area contributed by atoms with Gasteiger partial charge in [-0.25, -0.2) is 9.97 Å². The van der Waals surface area contributed by atoms with Crippen LogP contribution in [0.25, 0.3) is 16.9 Å². The molecule has 13 heteroatoms. The summed E-state index contributed by atoms with van der Waals surface area (Å²) in [4.78, 5) is 25.3. The number of aromatic nitrogens is 6. The van der Waals surface area contributed by atoms with E-state index in [1.165, 1.54) is 12.4 Å². The number of likely N-dealkylation sites (tertiary alicyclic amines) is 1. The van der Waals surface area contributed by atoms with E-state index in [1.807, 2.05) is 23.7 Å². The lowest BCUT2D eigenvalue weighted by Gasteiger charge is -2.46. The van der Waals surface area contributed by atoms with Gasteiger partial charge >= 0.3 is 6.18 Å². The van der Waals surface area contributed by atoms with Gasteiger partial charge in [-0.05, 0) is 86.2 Å². The Morgan fingerprint density at radius 1 is 1.11 bits per heavy atom. The van der Waals surface area contributed by atoms with Crippen LogP contribution in [0.15, 0.2) is 41.7 Å². The summed E-state index contributed by atoms with van der Waals surface area (Å²) in [5.74, 6) is 2.15. The Balaban J connectivity index is 1.37. The van der Waals surface area contributed by atoms with Crippen LogP contribution >= 0.6 is 0 Å². The van der Waals surface area contributed by atoms with E-state index in [2.05, 4.69) is 39.2 Å². The minimum atomic E-state index is -4.69. The van der Waals surface area contributed by atoms with E-state index in [0.717, 1.165) is 67.0 Å².